The maximum absolute atomic E-state index is 12.2. The third kappa shape index (κ3) is 5.12. The molecule has 1 saturated heterocycles. The van der Waals surface area contributed by atoms with Gasteiger partial charge in [0, 0.05) is 5.69 Å². The van der Waals surface area contributed by atoms with Crippen molar-refractivity contribution in [3.8, 4) is 0 Å². The number of alkyl halides is 3. The van der Waals surface area contributed by atoms with Crippen molar-refractivity contribution < 1.29 is 30.9 Å². The average Bonchev–Trinajstić information content (AvgIpc) is 2.65. The van der Waals surface area contributed by atoms with Gasteiger partial charge in [0.25, 0.3) is 0 Å². The molecule has 0 spiro atoms. The number of anilines is 1. The molecule has 10 heteroatoms. The van der Waals surface area contributed by atoms with E-state index >= 15 is 0 Å². The number of hydrogen-bond donors (Lipinski definition) is 1. The van der Waals surface area contributed by atoms with Gasteiger partial charge in [-0.05, 0) is 45.3 Å². The standard InChI is InChI=1S/C15H21BF3NO4S/c1-13(2)14(3,4)24-16(23-13)11-5-7-12(8-6-11)20-25(21,22)10-9-15(17,18)19/h5-8,20H,9-10H2,1-4H3. The van der Waals surface area contributed by atoms with Crippen LogP contribution >= 0.6 is 0 Å². The third-order valence-corrected chi connectivity index (χ3v) is 5.65. The van der Waals surface area contributed by atoms with Crippen molar-refractivity contribution in [2.45, 2.75) is 51.5 Å². The van der Waals surface area contributed by atoms with Crippen molar-refractivity contribution >= 4 is 28.3 Å². The Bertz CT molecular complexity index is 701. The molecule has 1 aliphatic heterocycles. The van der Waals surface area contributed by atoms with Crippen LogP contribution < -0.4 is 10.2 Å². The largest absolute Gasteiger partial charge is 0.494 e. The van der Waals surface area contributed by atoms with E-state index in [1.165, 1.54) is 12.1 Å². The minimum atomic E-state index is -4.52. The summed E-state index contributed by atoms with van der Waals surface area (Å²) in [6.07, 6.45) is -5.91. The first-order valence-electron chi connectivity index (χ1n) is 7.74. The van der Waals surface area contributed by atoms with Crippen LogP contribution in [0.2, 0.25) is 0 Å². The molecule has 0 atom stereocenters. The molecule has 0 unspecified atom stereocenters. The van der Waals surface area contributed by atoms with Gasteiger partial charge in [0.2, 0.25) is 10.0 Å². The van der Waals surface area contributed by atoms with E-state index in [0.717, 1.165) is 0 Å². The molecule has 1 heterocycles. The first-order valence-corrected chi connectivity index (χ1v) is 9.39. The molecule has 0 aliphatic carbocycles. The van der Waals surface area contributed by atoms with E-state index in [4.69, 9.17) is 9.31 Å². The molecule has 140 valence electrons. The van der Waals surface area contributed by atoms with E-state index in [1.54, 1.807) is 12.1 Å². The molecule has 0 bridgehead atoms. The molecule has 2 rings (SSSR count). The summed E-state index contributed by atoms with van der Waals surface area (Å²) in [6, 6.07) is 6.16. The first-order chi connectivity index (χ1) is 11.2. The zero-order valence-corrected chi connectivity index (χ0v) is 15.3. The van der Waals surface area contributed by atoms with Crippen molar-refractivity contribution in [2.75, 3.05) is 10.5 Å². The second-order valence-corrected chi connectivity index (χ2v) is 8.84. The molecule has 1 aliphatic rings. The van der Waals surface area contributed by atoms with Crippen molar-refractivity contribution in [1.29, 1.82) is 0 Å². The fourth-order valence-electron chi connectivity index (χ4n) is 2.17. The maximum atomic E-state index is 12.2. The van der Waals surface area contributed by atoms with Gasteiger partial charge < -0.3 is 9.31 Å². The molecule has 1 fully saturated rings. The number of sulfonamides is 1. The van der Waals surface area contributed by atoms with E-state index in [0.29, 0.717) is 5.46 Å². The number of hydrogen-bond acceptors (Lipinski definition) is 4. The van der Waals surface area contributed by atoms with Crippen molar-refractivity contribution in [3.05, 3.63) is 24.3 Å². The lowest BCUT2D eigenvalue weighted by Crippen LogP contribution is -2.41. The van der Waals surface area contributed by atoms with Crippen molar-refractivity contribution in [2.24, 2.45) is 0 Å². The molecule has 0 saturated carbocycles. The van der Waals surface area contributed by atoms with E-state index in [2.05, 4.69) is 4.72 Å². The van der Waals surface area contributed by atoms with Crippen LogP contribution in [0.25, 0.3) is 0 Å². The molecule has 0 amide bonds. The van der Waals surface area contributed by atoms with Gasteiger partial charge >= 0.3 is 13.3 Å². The van der Waals surface area contributed by atoms with Crippen LogP contribution in [-0.4, -0.2) is 38.7 Å². The fraction of sp³-hybridized carbons (Fsp3) is 0.600. The normalized spacial score (nSPS) is 19.9. The second-order valence-electron chi connectivity index (χ2n) is 7.00. The highest BCUT2D eigenvalue weighted by atomic mass is 32.2. The van der Waals surface area contributed by atoms with Gasteiger partial charge in [-0.2, -0.15) is 13.2 Å². The smallest absolute Gasteiger partial charge is 0.399 e. The minimum Gasteiger partial charge on any atom is -0.399 e. The lowest BCUT2D eigenvalue weighted by Gasteiger charge is -2.32. The molecule has 0 radical (unpaired) electrons. The zero-order chi connectivity index (χ0) is 19.1. The summed E-state index contributed by atoms with van der Waals surface area (Å²) in [5.74, 6) is -1.02. The van der Waals surface area contributed by atoms with Crippen LogP contribution in [0.3, 0.4) is 0 Å². The lowest BCUT2D eigenvalue weighted by molar-refractivity contribution is -0.129. The van der Waals surface area contributed by atoms with Gasteiger partial charge in [0.1, 0.15) is 0 Å². The Morgan fingerprint density at radius 2 is 1.52 bits per heavy atom. The van der Waals surface area contributed by atoms with Crippen molar-refractivity contribution in [3.63, 3.8) is 0 Å². The number of benzene rings is 1. The number of rotatable bonds is 5. The second kappa shape index (κ2) is 6.48. The van der Waals surface area contributed by atoms with E-state index in [-0.39, 0.29) is 5.69 Å². The summed E-state index contributed by atoms with van der Waals surface area (Å²) >= 11 is 0. The third-order valence-electron chi connectivity index (χ3n) is 4.36. The highest BCUT2D eigenvalue weighted by Gasteiger charge is 2.51. The molecule has 1 aromatic rings. The van der Waals surface area contributed by atoms with E-state index < -0.39 is 46.7 Å². The van der Waals surface area contributed by atoms with Gasteiger partial charge in [-0.25, -0.2) is 8.42 Å². The summed E-state index contributed by atoms with van der Waals surface area (Å²) in [5, 5.41) is 0. The van der Waals surface area contributed by atoms with Crippen LogP contribution in [-0.2, 0) is 19.3 Å². The Balaban J connectivity index is 2.04. The van der Waals surface area contributed by atoms with E-state index in [1.807, 2.05) is 27.7 Å². The molecule has 0 aromatic heterocycles. The topological polar surface area (TPSA) is 64.6 Å². The number of nitrogens with one attached hydrogen (secondary N) is 1. The summed E-state index contributed by atoms with van der Waals surface area (Å²) in [5.41, 5.74) is -0.135. The predicted molar refractivity (Wildman–Crippen MR) is 90.2 cm³/mol. The Labute approximate surface area is 146 Å². The monoisotopic (exact) mass is 379 g/mol. The van der Waals surface area contributed by atoms with Crippen LogP contribution in [0.5, 0.6) is 0 Å². The van der Waals surface area contributed by atoms with Crippen LogP contribution in [0.1, 0.15) is 34.1 Å². The molecule has 25 heavy (non-hydrogen) atoms. The maximum Gasteiger partial charge on any atom is 0.494 e. The highest BCUT2D eigenvalue weighted by Crippen LogP contribution is 2.36. The summed E-state index contributed by atoms with van der Waals surface area (Å²) in [4.78, 5) is 0. The Kier molecular flexibility index (Phi) is 5.20. The zero-order valence-electron chi connectivity index (χ0n) is 14.5. The van der Waals surface area contributed by atoms with E-state index in [9.17, 15) is 21.6 Å². The van der Waals surface area contributed by atoms with Gasteiger partial charge in [0.05, 0.1) is 23.4 Å². The molecule has 1 aromatic carbocycles. The average molecular weight is 379 g/mol. The molecular formula is C15H21BF3NO4S. The Morgan fingerprint density at radius 3 is 1.96 bits per heavy atom. The Morgan fingerprint density at radius 1 is 1.04 bits per heavy atom. The van der Waals surface area contributed by atoms with Crippen LogP contribution in [0.4, 0.5) is 18.9 Å². The molecule has 5 nitrogen and oxygen atoms in total. The quantitative estimate of drug-likeness (QED) is 0.800. The fourth-order valence-corrected chi connectivity index (χ4v) is 3.27. The number of halogens is 3. The van der Waals surface area contributed by atoms with Gasteiger partial charge in [-0.3, -0.25) is 4.72 Å². The van der Waals surface area contributed by atoms with Crippen LogP contribution in [0.15, 0.2) is 24.3 Å². The summed E-state index contributed by atoms with van der Waals surface area (Å²) in [7, 11) is -4.67. The van der Waals surface area contributed by atoms with Crippen molar-refractivity contribution in [1.82, 2.24) is 0 Å². The first kappa shape index (κ1) is 20.1. The van der Waals surface area contributed by atoms with Crippen LogP contribution in [0, 0.1) is 0 Å². The van der Waals surface area contributed by atoms with Gasteiger partial charge in [-0.15, -0.1) is 0 Å². The molecule has 1 N–H and O–H groups in total. The van der Waals surface area contributed by atoms with Gasteiger partial charge in [-0.1, -0.05) is 12.1 Å². The predicted octanol–water partition coefficient (Wildman–Crippen LogP) is 2.68. The van der Waals surface area contributed by atoms with Gasteiger partial charge in [0.15, 0.2) is 0 Å². The Hall–Kier alpha value is -1.26. The summed E-state index contributed by atoms with van der Waals surface area (Å²) in [6.45, 7) is 7.65. The minimum absolute atomic E-state index is 0.183. The summed E-state index contributed by atoms with van der Waals surface area (Å²) < 4.78 is 73.8. The lowest BCUT2D eigenvalue weighted by atomic mass is 9.79. The SMILES string of the molecule is CC1(C)OB(c2ccc(NS(=O)(=O)CCC(F)(F)F)cc2)OC1(C)C. The molecular weight excluding hydrogens is 358 g/mol. The highest BCUT2D eigenvalue weighted by molar-refractivity contribution is 7.92.